The van der Waals surface area contributed by atoms with Crippen LogP contribution in [0.1, 0.15) is 10.5 Å². The Balaban J connectivity index is 1.92. The number of esters is 1. The minimum Gasteiger partial charge on any atom is -0.464 e. The highest BCUT2D eigenvalue weighted by atomic mass is 32.2. The molecule has 0 spiro atoms. The predicted molar refractivity (Wildman–Crippen MR) is 75.1 cm³/mol. The molecule has 2 rings (SSSR count). The third kappa shape index (κ3) is 3.51. The molecular formula is C13H15N3O2S. The van der Waals surface area contributed by atoms with Crippen molar-refractivity contribution in [2.75, 3.05) is 18.6 Å². The summed E-state index contributed by atoms with van der Waals surface area (Å²) < 4.78 is 6.27. The van der Waals surface area contributed by atoms with Gasteiger partial charge in [0.05, 0.1) is 19.3 Å². The standard InChI is InChI=1S/C13H15N3O2S/c1-18-13(17)12-11(14)9-16(15-12)7-8-19-10-5-3-2-4-6-10/h2-6,9H,7-8,14H2,1H3. The fourth-order valence-electron chi connectivity index (χ4n) is 1.58. The van der Waals surface area contributed by atoms with E-state index in [4.69, 9.17) is 5.73 Å². The molecule has 0 aliphatic carbocycles. The van der Waals surface area contributed by atoms with Crippen LogP contribution in [0.4, 0.5) is 5.69 Å². The van der Waals surface area contributed by atoms with Crippen LogP contribution in [0.15, 0.2) is 41.4 Å². The number of methoxy groups -OCH3 is 1. The second-order valence-electron chi connectivity index (χ2n) is 3.85. The quantitative estimate of drug-likeness (QED) is 0.669. The van der Waals surface area contributed by atoms with Crippen molar-refractivity contribution in [1.82, 2.24) is 9.78 Å². The molecule has 0 amide bonds. The van der Waals surface area contributed by atoms with Gasteiger partial charge >= 0.3 is 5.97 Å². The molecule has 1 aromatic carbocycles. The number of ether oxygens (including phenoxy) is 1. The number of thioether (sulfide) groups is 1. The molecule has 6 heteroatoms. The van der Waals surface area contributed by atoms with Gasteiger partial charge in [0.15, 0.2) is 5.69 Å². The van der Waals surface area contributed by atoms with Crippen LogP contribution < -0.4 is 5.73 Å². The van der Waals surface area contributed by atoms with E-state index in [1.54, 1.807) is 22.6 Å². The molecule has 0 unspecified atom stereocenters. The molecule has 0 bridgehead atoms. The van der Waals surface area contributed by atoms with Crippen LogP contribution in [0.2, 0.25) is 0 Å². The van der Waals surface area contributed by atoms with Crippen molar-refractivity contribution >= 4 is 23.4 Å². The zero-order chi connectivity index (χ0) is 13.7. The van der Waals surface area contributed by atoms with Crippen LogP contribution in [0, 0.1) is 0 Å². The topological polar surface area (TPSA) is 70.1 Å². The van der Waals surface area contributed by atoms with E-state index in [1.807, 2.05) is 18.2 Å². The summed E-state index contributed by atoms with van der Waals surface area (Å²) in [5, 5.41) is 4.12. The Kier molecular flexibility index (Phi) is 4.46. The lowest BCUT2D eigenvalue weighted by Gasteiger charge is -2.01. The summed E-state index contributed by atoms with van der Waals surface area (Å²) in [5.41, 5.74) is 6.23. The van der Waals surface area contributed by atoms with E-state index in [0.29, 0.717) is 12.2 Å². The summed E-state index contributed by atoms with van der Waals surface area (Å²) in [5.74, 6) is 0.345. The van der Waals surface area contributed by atoms with Crippen molar-refractivity contribution in [1.29, 1.82) is 0 Å². The van der Waals surface area contributed by atoms with E-state index in [1.165, 1.54) is 12.0 Å². The minimum absolute atomic E-state index is 0.173. The van der Waals surface area contributed by atoms with Crippen LogP contribution in [-0.4, -0.2) is 28.6 Å². The number of nitrogen functional groups attached to an aromatic ring is 1. The Morgan fingerprint density at radius 3 is 2.84 bits per heavy atom. The predicted octanol–water partition coefficient (Wildman–Crippen LogP) is 2.04. The highest BCUT2D eigenvalue weighted by Crippen LogP contribution is 2.17. The highest BCUT2D eigenvalue weighted by Gasteiger charge is 2.14. The van der Waals surface area contributed by atoms with E-state index < -0.39 is 5.97 Å². The van der Waals surface area contributed by atoms with E-state index >= 15 is 0 Å². The summed E-state index contributed by atoms with van der Waals surface area (Å²) in [7, 11) is 1.31. The maximum absolute atomic E-state index is 11.4. The summed E-state index contributed by atoms with van der Waals surface area (Å²) >= 11 is 1.73. The zero-order valence-corrected chi connectivity index (χ0v) is 11.4. The van der Waals surface area contributed by atoms with Gasteiger partial charge in [0.25, 0.3) is 0 Å². The van der Waals surface area contributed by atoms with Gasteiger partial charge in [-0.1, -0.05) is 18.2 Å². The highest BCUT2D eigenvalue weighted by molar-refractivity contribution is 7.99. The van der Waals surface area contributed by atoms with Gasteiger partial charge in [-0.3, -0.25) is 4.68 Å². The maximum atomic E-state index is 11.4. The first-order valence-corrected chi connectivity index (χ1v) is 6.78. The molecule has 1 aromatic heterocycles. The van der Waals surface area contributed by atoms with Crippen LogP contribution in [0.25, 0.3) is 0 Å². The average molecular weight is 277 g/mol. The van der Waals surface area contributed by atoms with Crippen LogP contribution >= 0.6 is 11.8 Å². The molecular weight excluding hydrogens is 262 g/mol. The zero-order valence-electron chi connectivity index (χ0n) is 10.6. The van der Waals surface area contributed by atoms with E-state index in [2.05, 4.69) is 22.0 Å². The fraction of sp³-hybridized carbons (Fsp3) is 0.231. The van der Waals surface area contributed by atoms with E-state index in [9.17, 15) is 4.79 Å². The van der Waals surface area contributed by atoms with Crippen LogP contribution in [-0.2, 0) is 11.3 Å². The number of benzene rings is 1. The summed E-state index contributed by atoms with van der Waals surface area (Å²) in [4.78, 5) is 12.6. The van der Waals surface area contributed by atoms with Crippen molar-refractivity contribution in [3.05, 3.63) is 42.2 Å². The number of anilines is 1. The lowest BCUT2D eigenvalue weighted by Crippen LogP contribution is -2.07. The largest absolute Gasteiger partial charge is 0.464 e. The monoisotopic (exact) mass is 277 g/mol. The molecule has 2 aromatic rings. The van der Waals surface area contributed by atoms with Crippen molar-refractivity contribution in [2.45, 2.75) is 11.4 Å². The molecule has 0 saturated heterocycles. The molecule has 2 N–H and O–H groups in total. The molecule has 0 fully saturated rings. The number of aromatic nitrogens is 2. The lowest BCUT2D eigenvalue weighted by atomic mass is 10.4. The second kappa shape index (κ2) is 6.29. The smallest absolute Gasteiger partial charge is 0.360 e. The summed E-state index contributed by atoms with van der Waals surface area (Å²) in [6, 6.07) is 10.1. The maximum Gasteiger partial charge on any atom is 0.360 e. The summed E-state index contributed by atoms with van der Waals surface area (Å²) in [6.07, 6.45) is 1.65. The SMILES string of the molecule is COC(=O)c1nn(CCSc2ccccc2)cc1N. The number of rotatable bonds is 5. The normalized spacial score (nSPS) is 10.4. The first kappa shape index (κ1) is 13.5. The number of hydrogen-bond acceptors (Lipinski definition) is 5. The molecule has 1 heterocycles. The Bertz CT molecular complexity index is 554. The van der Waals surface area contributed by atoms with E-state index in [-0.39, 0.29) is 5.69 Å². The van der Waals surface area contributed by atoms with Crippen molar-refractivity contribution in [3.8, 4) is 0 Å². The van der Waals surface area contributed by atoms with Gasteiger partial charge < -0.3 is 10.5 Å². The van der Waals surface area contributed by atoms with Gasteiger partial charge in [0, 0.05) is 16.8 Å². The molecule has 0 aliphatic heterocycles. The van der Waals surface area contributed by atoms with Crippen molar-refractivity contribution in [2.24, 2.45) is 0 Å². The second-order valence-corrected chi connectivity index (χ2v) is 5.02. The molecule has 19 heavy (non-hydrogen) atoms. The van der Waals surface area contributed by atoms with Gasteiger partial charge in [-0.15, -0.1) is 11.8 Å². The Labute approximate surface area is 115 Å². The number of carbonyl (C=O) groups excluding carboxylic acids is 1. The number of aryl methyl sites for hydroxylation is 1. The Hall–Kier alpha value is -1.95. The lowest BCUT2D eigenvalue weighted by molar-refractivity contribution is 0.0594. The van der Waals surface area contributed by atoms with Crippen molar-refractivity contribution < 1.29 is 9.53 Å². The number of carbonyl (C=O) groups is 1. The van der Waals surface area contributed by atoms with Gasteiger partial charge in [-0.05, 0) is 12.1 Å². The Morgan fingerprint density at radius 1 is 1.42 bits per heavy atom. The number of nitrogens with two attached hydrogens (primary N) is 1. The molecule has 0 radical (unpaired) electrons. The Morgan fingerprint density at radius 2 is 2.16 bits per heavy atom. The van der Waals surface area contributed by atoms with Crippen LogP contribution in [0.3, 0.4) is 0 Å². The molecule has 0 atom stereocenters. The van der Waals surface area contributed by atoms with E-state index in [0.717, 1.165) is 5.75 Å². The third-order valence-corrected chi connectivity index (χ3v) is 3.49. The van der Waals surface area contributed by atoms with Gasteiger partial charge in [-0.25, -0.2) is 4.79 Å². The summed E-state index contributed by atoms with van der Waals surface area (Å²) in [6.45, 7) is 0.681. The molecule has 0 aliphatic rings. The first-order valence-electron chi connectivity index (χ1n) is 5.80. The van der Waals surface area contributed by atoms with Crippen LogP contribution in [0.5, 0.6) is 0 Å². The minimum atomic E-state index is -0.507. The molecule has 0 saturated carbocycles. The van der Waals surface area contributed by atoms with Crippen molar-refractivity contribution in [3.63, 3.8) is 0 Å². The third-order valence-electron chi connectivity index (χ3n) is 2.50. The number of nitrogens with zero attached hydrogens (tertiary/aromatic N) is 2. The molecule has 100 valence electrons. The molecule has 5 nitrogen and oxygen atoms in total. The average Bonchev–Trinajstić information content (AvgIpc) is 2.80. The van der Waals surface area contributed by atoms with Gasteiger partial charge in [-0.2, -0.15) is 5.10 Å². The van der Waals surface area contributed by atoms with Gasteiger partial charge in [0.1, 0.15) is 0 Å². The van der Waals surface area contributed by atoms with Gasteiger partial charge in [0.2, 0.25) is 0 Å². The fourth-order valence-corrected chi connectivity index (χ4v) is 2.44. The first-order chi connectivity index (χ1) is 9.20. The number of hydrogen-bond donors (Lipinski definition) is 1.